The molecule has 0 saturated carbocycles. The lowest BCUT2D eigenvalue weighted by molar-refractivity contribution is 0.583. The Labute approximate surface area is 102 Å². The minimum atomic E-state index is -3.83. The van der Waals surface area contributed by atoms with Crippen molar-refractivity contribution in [3.05, 3.63) is 53.0 Å². The summed E-state index contributed by atoms with van der Waals surface area (Å²) in [7, 11) is -3.83. The molecule has 94 valence electrons. The van der Waals surface area contributed by atoms with Gasteiger partial charge >= 0.3 is 0 Å². The molecule has 2 aromatic rings. The van der Waals surface area contributed by atoms with Crippen LogP contribution in [0.15, 0.2) is 46.3 Å². The number of pyridine rings is 2. The molecule has 2 N–H and O–H groups in total. The van der Waals surface area contributed by atoms with Crippen LogP contribution in [-0.4, -0.2) is 18.4 Å². The number of anilines is 1. The van der Waals surface area contributed by atoms with E-state index in [2.05, 4.69) is 14.7 Å². The van der Waals surface area contributed by atoms with Crippen LogP contribution in [0.1, 0.15) is 0 Å². The van der Waals surface area contributed by atoms with Crippen molar-refractivity contribution >= 4 is 15.7 Å². The zero-order valence-electron chi connectivity index (χ0n) is 8.92. The summed E-state index contributed by atoms with van der Waals surface area (Å²) < 4.78 is 38.4. The monoisotopic (exact) mass is 269 g/mol. The normalized spacial score (nSPS) is 11.2. The quantitative estimate of drug-likeness (QED) is 0.803. The number of rotatable bonds is 3. The third kappa shape index (κ3) is 2.72. The molecule has 2 heterocycles. The number of aromatic nitrogens is 2. The van der Waals surface area contributed by atoms with Gasteiger partial charge in [-0.05, 0) is 18.2 Å². The lowest BCUT2D eigenvalue weighted by atomic mass is 10.4. The summed E-state index contributed by atoms with van der Waals surface area (Å²) in [6, 6.07) is 4.53. The molecule has 18 heavy (non-hydrogen) atoms. The molecule has 8 heteroatoms. The van der Waals surface area contributed by atoms with Crippen LogP contribution in [0.4, 0.5) is 10.1 Å². The molecule has 0 aliphatic rings. The van der Waals surface area contributed by atoms with E-state index in [-0.39, 0.29) is 10.6 Å². The Morgan fingerprint density at radius 3 is 2.56 bits per heavy atom. The summed E-state index contributed by atoms with van der Waals surface area (Å²) in [5.74, 6) is -0.706. The van der Waals surface area contributed by atoms with E-state index in [0.717, 1.165) is 30.6 Å². The minimum Gasteiger partial charge on any atom is -0.328 e. The lowest BCUT2D eigenvalue weighted by Gasteiger charge is -2.06. The van der Waals surface area contributed by atoms with Crippen molar-refractivity contribution in [3.8, 4) is 0 Å². The van der Waals surface area contributed by atoms with Crippen LogP contribution >= 0.6 is 0 Å². The number of hydrogen-bond donors (Lipinski definition) is 2. The van der Waals surface area contributed by atoms with E-state index >= 15 is 0 Å². The second-order valence-electron chi connectivity index (χ2n) is 3.36. The van der Waals surface area contributed by atoms with Gasteiger partial charge in [0.05, 0.1) is 11.9 Å². The maximum absolute atomic E-state index is 12.6. The molecule has 6 nitrogen and oxygen atoms in total. The second-order valence-corrected chi connectivity index (χ2v) is 5.05. The van der Waals surface area contributed by atoms with Gasteiger partial charge in [-0.1, -0.05) is 0 Å². The van der Waals surface area contributed by atoms with Gasteiger partial charge in [-0.3, -0.25) is 9.52 Å². The van der Waals surface area contributed by atoms with Gasteiger partial charge in [-0.15, -0.1) is 0 Å². The molecule has 0 spiro atoms. The highest BCUT2D eigenvalue weighted by Crippen LogP contribution is 2.13. The zero-order valence-corrected chi connectivity index (χ0v) is 9.74. The average molecular weight is 269 g/mol. The molecule has 0 fully saturated rings. The summed E-state index contributed by atoms with van der Waals surface area (Å²) in [4.78, 5) is 16.3. The summed E-state index contributed by atoms with van der Waals surface area (Å²) in [6.07, 6.45) is 2.13. The Hall–Kier alpha value is -2.22. The van der Waals surface area contributed by atoms with Crippen LogP contribution in [0.5, 0.6) is 0 Å². The van der Waals surface area contributed by atoms with E-state index < -0.39 is 21.5 Å². The van der Waals surface area contributed by atoms with Gasteiger partial charge in [0, 0.05) is 12.3 Å². The van der Waals surface area contributed by atoms with Crippen molar-refractivity contribution in [2.75, 3.05) is 4.72 Å². The molecular weight excluding hydrogens is 261 g/mol. The van der Waals surface area contributed by atoms with Crippen molar-refractivity contribution in [2.24, 2.45) is 0 Å². The van der Waals surface area contributed by atoms with Crippen molar-refractivity contribution in [1.29, 1.82) is 0 Å². The highest BCUT2D eigenvalue weighted by atomic mass is 32.2. The highest BCUT2D eigenvalue weighted by molar-refractivity contribution is 7.92. The topological polar surface area (TPSA) is 91.9 Å². The van der Waals surface area contributed by atoms with Crippen LogP contribution in [0.3, 0.4) is 0 Å². The van der Waals surface area contributed by atoms with Crippen LogP contribution < -0.4 is 10.3 Å². The van der Waals surface area contributed by atoms with Crippen molar-refractivity contribution in [2.45, 2.75) is 4.90 Å². The Morgan fingerprint density at radius 2 is 2.00 bits per heavy atom. The summed E-state index contributed by atoms with van der Waals surface area (Å²) >= 11 is 0. The standard InChI is InChI=1S/C10H8FN3O3S/c11-9-3-1-7(5-12-9)14-18(16,17)8-2-4-10(15)13-6-8/h1-6,14H,(H,13,15). The molecule has 0 atom stereocenters. The Kier molecular flexibility index (Phi) is 3.11. The molecule has 0 saturated heterocycles. The average Bonchev–Trinajstić information content (AvgIpc) is 2.32. The number of nitrogens with one attached hydrogen (secondary N) is 2. The van der Waals surface area contributed by atoms with E-state index in [0.29, 0.717) is 0 Å². The molecule has 0 aliphatic carbocycles. The fourth-order valence-electron chi connectivity index (χ4n) is 1.21. The number of H-pyrrole nitrogens is 1. The lowest BCUT2D eigenvalue weighted by Crippen LogP contribution is -2.15. The third-order valence-electron chi connectivity index (χ3n) is 2.05. The SMILES string of the molecule is O=c1ccc(S(=O)(=O)Nc2ccc(F)nc2)c[nH]1. The van der Waals surface area contributed by atoms with E-state index in [1.54, 1.807) is 0 Å². The predicted molar refractivity (Wildman–Crippen MR) is 62.1 cm³/mol. The van der Waals surface area contributed by atoms with Crippen molar-refractivity contribution in [1.82, 2.24) is 9.97 Å². The van der Waals surface area contributed by atoms with Gasteiger partial charge in [-0.2, -0.15) is 4.39 Å². The number of aromatic amines is 1. The van der Waals surface area contributed by atoms with Gasteiger partial charge in [-0.25, -0.2) is 13.4 Å². The van der Waals surface area contributed by atoms with Crippen LogP contribution in [0.2, 0.25) is 0 Å². The second kappa shape index (κ2) is 4.57. The molecule has 0 unspecified atom stereocenters. The third-order valence-corrected chi connectivity index (χ3v) is 3.42. The van der Waals surface area contributed by atoms with E-state index in [1.165, 1.54) is 6.07 Å². The molecule has 0 aromatic carbocycles. The fourth-order valence-corrected chi connectivity index (χ4v) is 2.22. The van der Waals surface area contributed by atoms with Crippen molar-refractivity contribution < 1.29 is 12.8 Å². The van der Waals surface area contributed by atoms with E-state index in [1.807, 2.05) is 0 Å². The van der Waals surface area contributed by atoms with Gasteiger partial charge < -0.3 is 4.98 Å². The molecule has 0 radical (unpaired) electrons. The molecular formula is C10H8FN3O3S. The summed E-state index contributed by atoms with van der Waals surface area (Å²) in [5.41, 5.74) is -0.278. The fraction of sp³-hybridized carbons (Fsp3) is 0. The molecule has 2 rings (SSSR count). The maximum atomic E-state index is 12.6. The van der Waals surface area contributed by atoms with Crippen LogP contribution in [0, 0.1) is 5.95 Å². The molecule has 0 aliphatic heterocycles. The number of sulfonamides is 1. The number of halogens is 1. The predicted octanol–water partition coefficient (Wildman–Crippen LogP) is 0.710. The first-order chi connectivity index (χ1) is 8.47. The largest absolute Gasteiger partial charge is 0.328 e. The van der Waals surface area contributed by atoms with E-state index in [9.17, 15) is 17.6 Å². The molecule has 2 aromatic heterocycles. The van der Waals surface area contributed by atoms with E-state index in [4.69, 9.17) is 0 Å². The van der Waals surface area contributed by atoms with Gasteiger partial charge in [0.2, 0.25) is 11.5 Å². The summed E-state index contributed by atoms with van der Waals surface area (Å²) in [5, 5.41) is 0. The van der Waals surface area contributed by atoms with Crippen molar-refractivity contribution in [3.63, 3.8) is 0 Å². The zero-order chi connectivity index (χ0) is 13.2. The first-order valence-corrected chi connectivity index (χ1v) is 6.29. The Morgan fingerprint density at radius 1 is 1.22 bits per heavy atom. The van der Waals surface area contributed by atoms with Crippen LogP contribution in [-0.2, 0) is 10.0 Å². The number of hydrogen-bond acceptors (Lipinski definition) is 4. The number of nitrogens with zero attached hydrogens (tertiary/aromatic N) is 1. The highest BCUT2D eigenvalue weighted by Gasteiger charge is 2.14. The molecule has 0 amide bonds. The Bertz CT molecular complexity index is 689. The van der Waals surface area contributed by atoms with Gasteiger partial charge in [0.25, 0.3) is 10.0 Å². The molecule has 0 bridgehead atoms. The van der Waals surface area contributed by atoms with Crippen LogP contribution in [0.25, 0.3) is 0 Å². The smallest absolute Gasteiger partial charge is 0.263 e. The summed E-state index contributed by atoms with van der Waals surface area (Å²) in [6.45, 7) is 0. The Balaban J connectivity index is 2.29. The first kappa shape index (κ1) is 12.2. The first-order valence-electron chi connectivity index (χ1n) is 4.80. The maximum Gasteiger partial charge on any atom is 0.263 e. The minimum absolute atomic E-state index is 0.105. The van der Waals surface area contributed by atoms with Gasteiger partial charge in [0.15, 0.2) is 0 Å². The van der Waals surface area contributed by atoms with Gasteiger partial charge in [0.1, 0.15) is 4.90 Å².